The molecule has 3 aromatic heterocycles. The maximum atomic E-state index is 12.7. The quantitative estimate of drug-likeness (QED) is 0.629. The number of carbonyl (C=O) groups is 1. The minimum Gasteiger partial charge on any atom is -0.339 e. The van der Waals surface area contributed by atoms with Crippen molar-refractivity contribution in [3.8, 4) is 0 Å². The number of rotatable bonds is 4. The molecule has 6 heteroatoms. The van der Waals surface area contributed by atoms with Crippen molar-refractivity contribution in [3.05, 3.63) is 84.4 Å². The second-order valence-electron chi connectivity index (χ2n) is 5.39. The molecule has 4 aromatic rings. The van der Waals surface area contributed by atoms with Gasteiger partial charge in [0.15, 0.2) is 5.65 Å². The SMILES string of the molecule is O=C(Nc1ccnc2ccnn12)c1cccn1Cc1ccccc1. The van der Waals surface area contributed by atoms with Gasteiger partial charge in [-0.2, -0.15) is 9.61 Å². The fraction of sp³-hybridized carbons (Fsp3) is 0.0556. The first-order valence-corrected chi connectivity index (χ1v) is 7.60. The largest absolute Gasteiger partial charge is 0.339 e. The molecule has 0 fully saturated rings. The van der Waals surface area contributed by atoms with Crippen LogP contribution >= 0.6 is 0 Å². The average molecular weight is 317 g/mol. The number of anilines is 1. The summed E-state index contributed by atoms with van der Waals surface area (Å²) in [4.78, 5) is 16.8. The molecule has 1 amide bonds. The normalized spacial score (nSPS) is 10.8. The Balaban J connectivity index is 1.59. The molecule has 0 aliphatic rings. The van der Waals surface area contributed by atoms with E-state index in [1.54, 1.807) is 35.1 Å². The molecule has 0 saturated heterocycles. The van der Waals surface area contributed by atoms with Gasteiger partial charge in [0.1, 0.15) is 11.5 Å². The number of fused-ring (bicyclic) bond motifs is 1. The number of aromatic nitrogens is 4. The Morgan fingerprint density at radius 1 is 1.00 bits per heavy atom. The third-order valence-electron chi connectivity index (χ3n) is 3.79. The van der Waals surface area contributed by atoms with Gasteiger partial charge in [-0.1, -0.05) is 30.3 Å². The van der Waals surface area contributed by atoms with E-state index in [0.29, 0.717) is 23.7 Å². The highest BCUT2D eigenvalue weighted by Crippen LogP contribution is 2.13. The Morgan fingerprint density at radius 3 is 2.75 bits per heavy atom. The molecule has 1 aromatic carbocycles. The minimum absolute atomic E-state index is 0.182. The molecule has 3 heterocycles. The lowest BCUT2D eigenvalue weighted by atomic mass is 10.2. The third-order valence-corrected chi connectivity index (χ3v) is 3.79. The molecule has 0 aliphatic heterocycles. The second kappa shape index (κ2) is 6.00. The number of amides is 1. The van der Waals surface area contributed by atoms with Crippen LogP contribution in [-0.2, 0) is 6.54 Å². The lowest BCUT2D eigenvalue weighted by Crippen LogP contribution is -2.19. The van der Waals surface area contributed by atoms with Crippen molar-refractivity contribution in [2.24, 2.45) is 0 Å². The van der Waals surface area contributed by atoms with Gasteiger partial charge in [-0.25, -0.2) is 4.98 Å². The van der Waals surface area contributed by atoms with Crippen LogP contribution in [0.1, 0.15) is 16.1 Å². The number of hydrogen-bond acceptors (Lipinski definition) is 3. The van der Waals surface area contributed by atoms with E-state index < -0.39 is 0 Å². The van der Waals surface area contributed by atoms with Crippen LogP contribution in [0, 0.1) is 0 Å². The zero-order chi connectivity index (χ0) is 16.4. The van der Waals surface area contributed by atoms with Gasteiger partial charge in [0.25, 0.3) is 5.91 Å². The van der Waals surface area contributed by atoms with E-state index in [1.165, 1.54) is 0 Å². The summed E-state index contributed by atoms with van der Waals surface area (Å²) in [6, 6.07) is 17.2. The van der Waals surface area contributed by atoms with Crippen molar-refractivity contribution in [1.82, 2.24) is 19.2 Å². The maximum absolute atomic E-state index is 12.7. The minimum atomic E-state index is -0.182. The summed E-state index contributed by atoms with van der Waals surface area (Å²) < 4.78 is 3.52. The van der Waals surface area contributed by atoms with Crippen LogP contribution in [0.4, 0.5) is 5.82 Å². The van der Waals surface area contributed by atoms with Gasteiger partial charge in [-0.3, -0.25) is 4.79 Å². The van der Waals surface area contributed by atoms with Gasteiger partial charge in [0.2, 0.25) is 0 Å². The molecular formula is C18H15N5O. The van der Waals surface area contributed by atoms with Crippen LogP contribution in [0.3, 0.4) is 0 Å². The van der Waals surface area contributed by atoms with Crippen molar-refractivity contribution >= 4 is 17.4 Å². The molecule has 0 spiro atoms. The predicted octanol–water partition coefficient (Wildman–Crippen LogP) is 2.83. The van der Waals surface area contributed by atoms with Gasteiger partial charge >= 0.3 is 0 Å². The smallest absolute Gasteiger partial charge is 0.273 e. The van der Waals surface area contributed by atoms with Crippen LogP contribution < -0.4 is 5.32 Å². The Bertz CT molecular complexity index is 987. The Labute approximate surface area is 138 Å². The number of carbonyl (C=O) groups excluding carboxylic acids is 1. The summed E-state index contributed by atoms with van der Waals surface area (Å²) in [5, 5.41) is 7.08. The highest BCUT2D eigenvalue weighted by Gasteiger charge is 2.13. The Kier molecular flexibility index (Phi) is 3.55. The van der Waals surface area contributed by atoms with Gasteiger partial charge in [-0.05, 0) is 23.8 Å². The molecule has 0 aliphatic carbocycles. The number of nitrogens with zero attached hydrogens (tertiary/aromatic N) is 4. The number of benzene rings is 1. The van der Waals surface area contributed by atoms with Crippen molar-refractivity contribution in [1.29, 1.82) is 0 Å². The summed E-state index contributed by atoms with van der Waals surface area (Å²) >= 11 is 0. The standard InChI is InChI=1S/C18H15N5O/c24-18(21-17-8-10-19-16-9-11-20-23(16)17)15-7-4-12-22(15)13-14-5-2-1-3-6-14/h1-12H,13H2,(H,21,24). The van der Waals surface area contributed by atoms with Crippen LogP contribution in [0.5, 0.6) is 0 Å². The monoisotopic (exact) mass is 317 g/mol. The summed E-state index contributed by atoms with van der Waals surface area (Å²) in [7, 11) is 0. The van der Waals surface area contributed by atoms with Gasteiger partial charge in [0, 0.05) is 25.0 Å². The van der Waals surface area contributed by atoms with Crippen molar-refractivity contribution in [2.75, 3.05) is 5.32 Å². The summed E-state index contributed by atoms with van der Waals surface area (Å²) in [5.41, 5.74) is 2.42. The van der Waals surface area contributed by atoms with Gasteiger partial charge < -0.3 is 9.88 Å². The molecule has 1 N–H and O–H groups in total. The van der Waals surface area contributed by atoms with Crippen LogP contribution in [0.15, 0.2) is 73.2 Å². The summed E-state index contributed by atoms with van der Waals surface area (Å²) in [6.07, 6.45) is 5.20. The highest BCUT2D eigenvalue weighted by atomic mass is 16.2. The molecule has 118 valence electrons. The molecule has 24 heavy (non-hydrogen) atoms. The maximum Gasteiger partial charge on any atom is 0.273 e. The van der Waals surface area contributed by atoms with Crippen LogP contribution in [0.2, 0.25) is 0 Å². The topological polar surface area (TPSA) is 64.2 Å². The van der Waals surface area contributed by atoms with E-state index in [1.807, 2.05) is 47.2 Å². The van der Waals surface area contributed by atoms with Crippen molar-refractivity contribution in [2.45, 2.75) is 6.54 Å². The van der Waals surface area contributed by atoms with E-state index in [4.69, 9.17) is 0 Å². The summed E-state index contributed by atoms with van der Waals surface area (Å²) in [5.74, 6) is 0.404. The molecule has 6 nitrogen and oxygen atoms in total. The van der Waals surface area contributed by atoms with Crippen molar-refractivity contribution in [3.63, 3.8) is 0 Å². The molecule has 0 radical (unpaired) electrons. The molecule has 0 bridgehead atoms. The molecule has 0 atom stereocenters. The predicted molar refractivity (Wildman–Crippen MR) is 90.9 cm³/mol. The van der Waals surface area contributed by atoms with Crippen LogP contribution in [-0.4, -0.2) is 25.1 Å². The first-order valence-electron chi connectivity index (χ1n) is 7.60. The summed E-state index contributed by atoms with van der Waals surface area (Å²) in [6.45, 7) is 0.643. The van der Waals surface area contributed by atoms with E-state index in [0.717, 1.165) is 5.56 Å². The molecular weight excluding hydrogens is 302 g/mol. The van der Waals surface area contributed by atoms with E-state index in [9.17, 15) is 4.79 Å². The first-order chi connectivity index (χ1) is 11.8. The highest BCUT2D eigenvalue weighted by molar-refractivity contribution is 6.02. The first kappa shape index (κ1) is 14.2. The molecule has 0 saturated carbocycles. The van der Waals surface area contributed by atoms with E-state index >= 15 is 0 Å². The van der Waals surface area contributed by atoms with E-state index in [2.05, 4.69) is 15.4 Å². The third kappa shape index (κ3) is 2.65. The fourth-order valence-corrected chi connectivity index (χ4v) is 2.65. The van der Waals surface area contributed by atoms with Gasteiger partial charge in [-0.15, -0.1) is 0 Å². The lowest BCUT2D eigenvalue weighted by Gasteiger charge is -2.10. The second-order valence-corrected chi connectivity index (χ2v) is 5.39. The zero-order valence-corrected chi connectivity index (χ0v) is 12.8. The number of hydrogen-bond donors (Lipinski definition) is 1. The van der Waals surface area contributed by atoms with Crippen LogP contribution in [0.25, 0.3) is 5.65 Å². The van der Waals surface area contributed by atoms with Crippen molar-refractivity contribution < 1.29 is 4.79 Å². The number of nitrogens with one attached hydrogen (secondary N) is 1. The van der Waals surface area contributed by atoms with Gasteiger partial charge in [0.05, 0.1) is 6.20 Å². The Hall–Kier alpha value is -3.41. The molecule has 0 unspecified atom stereocenters. The lowest BCUT2D eigenvalue weighted by molar-refractivity contribution is 0.101. The average Bonchev–Trinajstić information content (AvgIpc) is 3.25. The Morgan fingerprint density at radius 2 is 1.88 bits per heavy atom. The fourth-order valence-electron chi connectivity index (χ4n) is 2.65. The zero-order valence-electron chi connectivity index (χ0n) is 12.8. The molecule has 4 rings (SSSR count). The van der Waals surface area contributed by atoms with E-state index in [-0.39, 0.29) is 5.91 Å².